The highest BCUT2D eigenvalue weighted by Gasteiger charge is 2.24. The van der Waals surface area contributed by atoms with Crippen molar-refractivity contribution < 1.29 is 9.53 Å². The highest BCUT2D eigenvalue weighted by molar-refractivity contribution is 5.87. The first-order chi connectivity index (χ1) is 13.9. The molecule has 1 aromatic carbocycles. The van der Waals surface area contributed by atoms with E-state index < -0.39 is 5.41 Å². The number of nitrogens with zero attached hydrogens (tertiary/aromatic N) is 2. The highest BCUT2D eigenvalue weighted by Crippen LogP contribution is 2.26. The minimum atomic E-state index is -0.409. The number of aromatic amines is 1. The van der Waals surface area contributed by atoms with Gasteiger partial charge in [-0.3, -0.25) is 9.59 Å². The van der Waals surface area contributed by atoms with Crippen molar-refractivity contribution in [1.82, 2.24) is 14.9 Å². The third kappa shape index (κ3) is 6.07. The summed E-state index contributed by atoms with van der Waals surface area (Å²) >= 11 is 0. The van der Waals surface area contributed by atoms with Crippen molar-refractivity contribution in [3.63, 3.8) is 0 Å². The maximum Gasteiger partial charge on any atom is 0.270 e. The zero-order valence-electron chi connectivity index (χ0n) is 19.5. The van der Waals surface area contributed by atoms with Gasteiger partial charge in [-0.2, -0.15) is 0 Å². The molecule has 30 heavy (non-hydrogen) atoms. The van der Waals surface area contributed by atoms with E-state index in [-0.39, 0.29) is 23.3 Å². The van der Waals surface area contributed by atoms with Gasteiger partial charge in [0.2, 0.25) is 5.91 Å². The number of fused-ring (bicyclic) bond motifs is 1. The molecule has 0 saturated heterocycles. The minimum absolute atomic E-state index is 0.0278. The van der Waals surface area contributed by atoms with Crippen LogP contribution in [0.3, 0.4) is 0 Å². The molecule has 0 aliphatic heterocycles. The molecular weight excluding hydrogens is 378 g/mol. The van der Waals surface area contributed by atoms with Crippen LogP contribution in [-0.4, -0.2) is 41.0 Å². The molecule has 1 N–H and O–H groups in total. The molecule has 0 saturated carbocycles. The van der Waals surface area contributed by atoms with Crippen LogP contribution < -0.4 is 10.3 Å². The molecule has 165 valence electrons. The maximum absolute atomic E-state index is 13.2. The summed E-state index contributed by atoms with van der Waals surface area (Å²) in [5.41, 5.74) is 1.56. The van der Waals surface area contributed by atoms with E-state index >= 15 is 0 Å². The van der Waals surface area contributed by atoms with E-state index in [2.05, 4.69) is 23.8 Å². The third-order valence-corrected chi connectivity index (χ3v) is 4.89. The zero-order valence-corrected chi connectivity index (χ0v) is 19.5. The molecule has 6 nitrogen and oxygen atoms in total. The number of benzene rings is 1. The van der Waals surface area contributed by atoms with Crippen LogP contribution >= 0.6 is 0 Å². The molecule has 1 heterocycles. The van der Waals surface area contributed by atoms with Gasteiger partial charge in [-0.1, -0.05) is 48.0 Å². The molecule has 1 amide bonds. The fraction of sp³-hybridized carbons (Fsp3) is 0.583. The van der Waals surface area contributed by atoms with E-state index in [1.54, 1.807) is 13.2 Å². The number of aromatic nitrogens is 2. The van der Waals surface area contributed by atoms with Gasteiger partial charge in [0, 0.05) is 24.6 Å². The Kier molecular flexibility index (Phi) is 7.32. The lowest BCUT2D eigenvalue weighted by atomic mass is 9.92. The number of hydrogen-bond acceptors (Lipinski definition) is 4. The smallest absolute Gasteiger partial charge is 0.270 e. The number of rotatable bonds is 8. The van der Waals surface area contributed by atoms with E-state index in [1.807, 2.05) is 45.6 Å². The number of H-pyrrole nitrogens is 1. The lowest BCUT2D eigenvalue weighted by Gasteiger charge is -2.30. The second kappa shape index (κ2) is 9.19. The van der Waals surface area contributed by atoms with Crippen LogP contribution in [0.5, 0.6) is 5.75 Å². The van der Waals surface area contributed by atoms with Crippen molar-refractivity contribution >= 4 is 16.9 Å². The lowest BCUT2D eigenvalue weighted by Crippen LogP contribution is -2.39. The Labute approximate surface area is 180 Å². The number of amides is 1. The summed E-state index contributed by atoms with van der Waals surface area (Å²) in [6, 6.07) is 3.59. The van der Waals surface area contributed by atoms with Gasteiger partial charge in [-0.15, -0.1) is 0 Å². The van der Waals surface area contributed by atoms with Crippen LogP contribution in [0.2, 0.25) is 0 Å². The summed E-state index contributed by atoms with van der Waals surface area (Å²) in [4.78, 5) is 35.3. The Balaban J connectivity index is 2.52. The van der Waals surface area contributed by atoms with Gasteiger partial charge in [-0.25, -0.2) is 4.98 Å². The average Bonchev–Trinajstić information content (AvgIpc) is 2.62. The van der Waals surface area contributed by atoms with Gasteiger partial charge in [0.05, 0.1) is 24.6 Å². The molecule has 1 radical (unpaired) electrons. The SMILES string of the molecule is [CH2]C(C)(C)CN(CCCC)C(=O)Cc1cc(OC)cc2[nH]c(=O)c(C(C)(C)C)nc12. The van der Waals surface area contributed by atoms with Crippen LogP contribution in [0.25, 0.3) is 11.0 Å². The summed E-state index contributed by atoms with van der Waals surface area (Å²) in [7, 11) is 1.57. The standard InChI is InChI=1S/C24H36N3O3/c1-9-10-11-27(15-23(2,3)4)19(28)13-16-12-17(30-8)14-18-20(16)26-21(22(29)25-18)24(5,6)7/h12,14H,2,9-11,13,15H2,1,3-8H3,(H,25,29). The molecule has 0 spiro atoms. The van der Waals surface area contributed by atoms with Gasteiger partial charge in [0.1, 0.15) is 11.4 Å². The van der Waals surface area contributed by atoms with E-state index in [1.165, 1.54) is 0 Å². The van der Waals surface area contributed by atoms with Crippen LogP contribution in [-0.2, 0) is 16.6 Å². The van der Waals surface area contributed by atoms with Crippen LogP contribution in [0.15, 0.2) is 16.9 Å². The topological polar surface area (TPSA) is 75.3 Å². The Morgan fingerprint density at radius 2 is 1.90 bits per heavy atom. The normalized spacial score (nSPS) is 12.3. The maximum atomic E-state index is 13.2. The first-order valence-corrected chi connectivity index (χ1v) is 10.6. The molecule has 2 rings (SSSR count). The van der Waals surface area contributed by atoms with E-state index in [0.29, 0.717) is 35.6 Å². The number of unbranched alkanes of at least 4 members (excludes halogenated alkanes) is 1. The fourth-order valence-corrected chi connectivity index (χ4v) is 3.43. The van der Waals surface area contributed by atoms with Crippen molar-refractivity contribution in [2.75, 3.05) is 20.2 Å². The molecule has 0 bridgehead atoms. The summed E-state index contributed by atoms with van der Waals surface area (Å²) in [5.74, 6) is 0.615. The Morgan fingerprint density at radius 1 is 1.23 bits per heavy atom. The summed E-state index contributed by atoms with van der Waals surface area (Å²) in [5, 5.41) is 0. The fourth-order valence-electron chi connectivity index (χ4n) is 3.43. The molecule has 0 fully saturated rings. The minimum Gasteiger partial charge on any atom is -0.497 e. The van der Waals surface area contributed by atoms with Gasteiger partial charge in [0.25, 0.3) is 5.56 Å². The van der Waals surface area contributed by atoms with Crippen molar-refractivity contribution in [1.29, 1.82) is 0 Å². The monoisotopic (exact) mass is 414 g/mol. The van der Waals surface area contributed by atoms with Crippen LogP contribution in [0.4, 0.5) is 0 Å². The number of ether oxygens (including phenoxy) is 1. The quantitative estimate of drug-likeness (QED) is 0.700. The Morgan fingerprint density at radius 3 is 2.43 bits per heavy atom. The molecule has 1 aromatic heterocycles. The molecule has 0 atom stereocenters. The predicted octanol–water partition coefficient (Wildman–Crippen LogP) is 4.26. The Hall–Kier alpha value is -2.37. The molecular formula is C24H36N3O3. The average molecular weight is 415 g/mol. The summed E-state index contributed by atoms with van der Waals surface area (Å²) in [6.45, 7) is 17.5. The van der Waals surface area contributed by atoms with Gasteiger partial charge < -0.3 is 14.6 Å². The first-order valence-electron chi connectivity index (χ1n) is 10.6. The Bertz CT molecular complexity index is 949. The predicted molar refractivity (Wildman–Crippen MR) is 122 cm³/mol. The largest absolute Gasteiger partial charge is 0.497 e. The lowest BCUT2D eigenvalue weighted by molar-refractivity contribution is -0.131. The number of methoxy groups -OCH3 is 1. The summed E-state index contributed by atoms with van der Waals surface area (Å²) < 4.78 is 5.40. The van der Waals surface area contributed by atoms with E-state index in [4.69, 9.17) is 4.74 Å². The van der Waals surface area contributed by atoms with Crippen molar-refractivity contribution in [3.05, 3.63) is 40.7 Å². The van der Waals surface area contributed by atoms with Gasteiger partial charge in [-0.05, 0) is 30.4 Å². The number of carbonyl (C=O) groups is 1. The number of carbonyl (C=O) groups excluding carboxylic acids is 1. The molecule has 6 heteroatoms. The number of hydrogen-bond donors (Lipinski definition) is 1. The second-order valence-electron chi connectivity index (χ2n) is 9.86. The molecule has 0 aliphatic rings. The third-order valence-electron chi connectivity index (χ3n) is 4.89. The highest BCUT2D eigenvalue weighted by atomic mass is 16.5. The van der Waals surface area contributed by atoms with Crippen LogP contribution in [0.1, 0.15) is 65.6 Å². The zero-order chi connectivity index (χ0) is 22.7. The first kappa shape index (κ1) is 23.9. The van der Waals surface area contributed by atoms with Crippen molar-refractivity contribution in [3.8, 4) is 5.75 Å². The molecule has 2 aromatic rings. The van der Waals surface area contributed by atoms with Crippen LogP contribution in [0, 0.1) is 12.3 Å². The second-order valence-corrected chi connectivity index (χ2v) is 9.86. The summed E-state index contributed by atoms with van der Waals surface area (Å²) in [6.07, 6.45) is 2.15. The molecule has 0 aliphatic carbocycles. The van der Waals surface area contributed by atoms with Gasteiger partial charge in [0.15, 0.2) is 0 Å². The number of nitrogens with one attached hydrogen (secondary N) is 1. The van der Waals surface area contributed by atoms with E-state index in [0.717, 1.165) is 18.4 Å². The van der Waals surface area contributed by atoms with Crippen molar-refractivity contribution in [2.45, 2.75) is 66.2 Å². The van der Waals surface area contributed by atoms with E-state index in [9.17, 15) is 9.59 Å². The van der Waals surface area contributed by atoms with Gasteiger partial charge >= 0.3 is 0 Å². The molecule has 0 unspecified atom stereocenters. The van der Waals surface area contributed by atoms with Crippen molar-refractivity contribution in [2.24, 2.45) is 5.41 Å².